The predicted octanol–water partition coefficient (Wildman–Crippen LogP) is 3.49. The van der Waals surface area contributed by atoms with Crippen LogP contribution in [0, 0.1) is 5.92 Å². The molecule has 0 bridgehead atoms. The number of carbonyl (C=O) groups excluding carboxylic acids is 1. The second-order valence-corrected chi connectivity index (χ2v) is 5.91. The van der Waals surface area contributed by atoms with Gasteiger partial charge in [-0.05, 0) is 31.2 Å². The first-order chi connectivity index (χ1) is 9.33. The van der Waals surface area contributed by atoms with Crippen molar-refractivity contribution in [3.8, 4) is 0 Å². The number of hydrogen-bond donors (Lipinski definition) is 0. The quantitative estimate of drug-likeness (QED) is 0.829. The number of carbonyl (C=O) groups is 1. The van der Waals surface area contributed by atoms with E-state index in [9.17, 15) is 4.79 Å². The average molecular weight is 258 g/mol. The Labute approximate surface area is 115 Å². The van der Waals surface area contributed by atoms with E-state index in [0.29, 0.717) is 5.78 Å². The second-order valence-electron chi connectivity index (χ2n) is 5.91. The van der Waals surface area contributed by atoms with E-state index in [2.05, 4.69) is 24.3 Å². The van der Waals surface area contributed by atoms with E-state index in [4.69, 9.17) is 4.74 Å². The van der Waals surface area contributed by atoms with Crippen molar-refractivity contribution in [1.82, 2.24) is 0 Å². The molecule has 1 aliphatic carbocycles. The smallest absolute Gasteiger partial charge is 0.146 e. The molecule has 1 saturated heterocycles. The van der Waals surface area contributed by atoms with Crippen LogP contribution in [0.25, 0.3) is 0 Å². The molecule has 2 fully saturated rings. The van der Waals surface area contributed by atoms with Gasteiger partial charge in [0.05, 0.1) is 5.41 Å². The van der Waals surface area contributed by atoms with Gasteiger partial charge in [0, 0.05) is 19.1 Å². The fourth-order valence-corrected chi connectivity index (χ4v) is 3.76. The highest BCUT2D eigenvalue weighted by molar-refractivity contribution is 5.92. The summed E-state index contributed by atoms with van der Waals surface area (Å²) in [6.45, 7) is 1.50. The largest absolute Gasteiger partial charge is 0.381 e. The van der Waals surface area contributed by atoms with E-state index in [1.165, 1.54) is 18.4 Å². The van der Waals surface area contributed by atoms with Crippen LogP contribution in [0.2, 0.25) is 0 Å². The Hall–Kier alpha value is -1.15. The van der Waals surface area contributed by atoms with Crippen LogP contribution >= 0.6 is 0 Å². The molecule has 3 rings (SSSR count). The zero-order valence-corrected chi connectivity index (χ0v) is 11.4. The summed E-state index contributed by atoms with van der Waals surface area (Å²) in [5, 5.41) is 0. The summed E-state index contributed by atoms with van der Waals surface area (Å²) >= 11 is 0. The normalized spacial score (nSPS) is 23.4. The minimum Gasteiger partial charge on any atom is -0.381 e. The van der Waals surface area contributed by atoms with Crippen molar-refractivity contribution >= 4 is 5.78 Å². The molecular weight excluding hydrogens is 236 g/mol. The molecule has 2 aliphatic rings. The average Bonchev–Trinajstić information content (AvgIpc) is 2.99. The molecule has 1 heterocycles. The summed E-state index contributed by atoms with van der Waals surface area (Å²) in [6.07, 6.45) is 6.26. The van der Waals surface area contributed by atoms with Gasteiger partial charge in [0.25, 0.3) is 0 Å². The Balaban J connectivity index is 1.90. The Bertz CT molecular complexity index is 426. The highest BCUT2D eigenvalue weighted by Crippen LogP contribution is 2.44. The molecule has 19 heavy (non-hydrogen) atoms. The molecule has 102 valence electrons. The van der Waals surface area contributed by atoms with E-state index >= 15 is 0 Å². The Morgan fingerprint density at radius 3 is 2.32 bits per heavy atom. The van der Waals surface area contributed by atoms with Gasteiger partial charge in [-0.3, -0.25) is 4.79 Å². The molecular formula is C17H22O2. The minimum atomic E-state index is -0.191. The number of ketones is 1. The van der Waals surface area contributed by atoms with Crippen LogP contribution in [0.3, 0.4) is 0 Å². The predicted molar refractivity (Wildman–Crippen MR) is 75.1 cm³/mol. The number of Topliss-reactive ketones (excluding diaryl/α,β-unsaturated/α-hetero) is 1. The molecule has 1 aliphatic heterocycles. The van der Waals surface area contributed by atoms with Gasteiger partial charge in [-0.25, -0.2) is 0 Å². The highest BCUT2D eigenvalue weighted by Gasteiger charge is 2.45. The summed E-state index contributed by atoms with van der Waals surface area (Å²) in [5.41, 5.74) is 1.05. The van der Waals surface area contributed by atoms with Gasteiger partial charge in [0.1, 0.15) is 5.78 Å². The lowest BCUT2D eigenvalue weighted by molar-refractivity contribution is -0.131. The maximum absolute atomic E-state index is 13.1. The van der Waals surface area contributed by atoms with Gasteiger partial charge >= 0.3 is 0 Å². The van der Waals surface area contributed by atoms with Gasteiger partial charge in [0.2, 0.25) is 0 Å². The molecule has 1 saturated carbocycles. The number of hydrogen-bond acceptors (Lipinski definition) is 2. The third kappa shape index (κ3) is 2.34. The lowest BCUT2D eigenvalue weighted by atomic mass is 9.70. The molecule has 0 unspecified atom stereocenters. The fourth-order valence-electron chi connectivity index (χ4n) is 3.76. The SMILES string of the molecule is O=C(C1CCOCC1)C1(c2ccccc2)CCCC1. The Morgan fingerprint density at radius 1 is 1.05 bits per heavy atom. The van der Waals surface area contributed by atoms with Crippen molar-refractivity contribution in [2.45, 2.75) is 43.9 Å². The van der Waals surface area contributed by atoms with Crippen LogP contribution in [-0.2, 0) is 14.9 Å². The molecule has 0 atom stereocenters. The minimum absolute atomic E-state index is 0.191. The standard InChI is InChI=1S/C17H22O2/c18-16(14-8-12-19-13-9-14)17(10-4-5-11-17)15-6-2-1-3-7-15/h1-3,6-7,14H,4-5,8-13H2. The van der Waals surface area contributed by atoms with Crippen molar-refractivity contribution in [2.75, 3.05) is 13.2 Å². The maximum Gasteiger partial charge on any atom is 0.146 e. The van der Waals surface area contributed by atoms with Crippen molar-refractivity contribution in [3.05, 3.63) is 35.9 Å². The summed E-state index contributed by atoms with van der Waals surface area (Å²) in [5.74, 6) is 0.701. The number of benzene rings is 1. The molecule has 0 spiro atoms. The molecule has 1 aromatic carbocycles. The fraction of sp³-hybridized carbons (Fsp3) is 0.588. The summed E-state index contributed by atoms with van der Waals surface area (Å²) in [4.78, 5) is 13.1. The molecule has 2 heteroatoms. The van der Waals surface area contributed by atoms with Gasteiger partial charge in [-0.1, -0.05) is 43.2 Å². The third-order valence-corrected chi connectivity index (χ3v) is 4.85. The van der Waals surface area contributed by atoms with Crippen molar-refractivity contribution in [1.29, 1.82) is 0 Å². The molecule has 0 aromatic heterocycles. The van der Waals surface area contributed by atoms with Gasteiger partial charge in [-0.15, -0.1) is 0 Å². The van der Waals surface area contributed by atoms with Gasteiger partial charge in [0.15, 0.2) is 0 Å². The van der Waals surface area contributed by atoms with E-state index in [-0.39, 0.29) is 11.3 Å². The van der Waals surface area contributed by atoms with Gasteiger partial charge < -0.3 is 4.74 Å². The van der Waals surface area contributed by atoms with Crippen LogP contribution in [0.15, 0.2) is 30.3 Å². The van der Waals surface area contributed by atoms with E-state index in [1.54, 1.807) is 0 Å². The molecule has 1 aromatic rings. The van der Waals surface area contributed by atoms with Crippen LogP contribution in [0.4, 0.5) is 0 Å². The van der Waals surface area contributed by atoms with Crippen LogP contribution < -0.4 is 0 Å². The molecule has 0 amide bonds. The molecule has 2 nitrogen and oxygen atoms in total. The summed E-state index contributed by atoms with van der Waals surface area (Å²) < 4.78 is 5.40. The van der Waals surface area contributed by atoms with E-state index in [1.807, 2.05) is 6.07 Å². The Kier molecular flexibility index (Phi) is 3.69. The highest BCUT2D eigenvalue weighted by atomic mass is 16.5. The van der Waals surface area contributed by atoms with Gasteiger partial charge in [-0.2, -0.15) is 0 Å². The second kappa shape index (κ2) is 5.46. The first-order valence-electron chi connectivity index (χ1n) is 7.50. The van der Waals surface area contributed by atoms with Crippen LogP contribution in [-0.4, -0.2) is 19.0 Å². The van der Waals surface area contributed by atoms with Crippen molar-refractivity contribution in [2.24, 2.45) is 5.92 Å². The first-order valence-corrected chi connectivity index (χ1v) is 7.50. The van der Waals surface area contributed by atoms with E-state index in [0.717, 1.165) is 38.9 Å². The molecule has 0 radical (unpaired) electrons. The summed E-state index contributed by atoms with van der Waals surface area (Å²) in [7, 11) is 0. The monoisotopic (exact) mass is 258 g/mol. The van der Waals surface area contributed by atoms with Crippen molar-refractivity contribution in [3.63, 3.8) is 0 Å². The topological polar surface area (TPSA) is 26.3 Å². The lowest BCUT2D eigenvalue weighted by Gasteiger charge is -2.33. The Morgan fingerprint density at radius 2 is 1.68 bits per heavy atom. The number of ether oxygens (including phenoxy) is 1. The molecule has 0 N–H and O–H groups in total. The zero-order chi connectivity index (χ0) is 13.1. The maximum atomic E-state index is 13.1. The lowest BCUT2D eigenvalue weighted by Crippen LogP contribution is -2.40. The summed E-state index contributed by atoms with van der Waals surface area (Å²) in [6, 6.07) is 10.4. The van der Waals surface area contributed by atoms with Crippen LogP contribution in [0.1, 0.15) is 44.1 Å². The van der Waals surface area contributed by atoms with Crippen molar-refractivity contribution < 1.29 is 9.53 Å². The van der Waals surface area contributed by atoms with E-state index < -0.39 is 0 Å². The zero-order valence-electron chi connectivity index (χ0n) is 11.4. The third-order valence-electron chi connectivity index (χ3n) is 4.85. The van der Waals surface area contributed by atoms with Crippen LogP contribution in [0.5, 0.6) is 0 Å². The first kappa shape index (κ1) is 12.9. The number of rotatable bonds is 3.